The number of hydrazone groups is 1. The van der Waals surface area contributed by atoms with Gasteiger partial charge in [-0.1, -0.05) is 30.3 Å². The van der Waals surface area contributed by atoms with Crippen molar-refractivity contribution in [3.63, 3.8) is 0 Å². The van der Waals surface area contributed by atoms with Crippen LogP contribution in [0.3, 0.4) is 0 Å². The summed E-state index contributed by atoms with van der Waals surface area (Å²) in [6.07, 6.45) is 1.65. The number of aromatic hydroxyl groups is 1. The quantitative estimate of drug-likeness (QED) is 0.315. The number of phenols is 1. The van der Waals surface area contributed by atoms with Gasteiger partial charge in [-0.15, -0.1) is 11.3 Å². The second-order valence-corrected chi connectivity index (χ2v) is 9.11. The van der Waals surface area contributed by atoms with Gasteiger partial charge in [0.25, 0.3) is 0 Å². The predicted octanol–water partition coefficient (Wildman–Crippen LogP) is 5.06. The molecule has 3 rings (SSSR count). The van der Waals surface area contributed by atoms with E-state index in [9.17, 15) is 9.90 Å². The third-order valence-corrected chi connectivity index (χ3v) is 5.15. The van der Waals surface area contributed by atoms with E-state index in [1.54, 1.807) is 31.5 Å². The van der Waals surface area contributed by atoms with E-state index in [1.165, 1.54) is 11.3 Å². The van der Waals surface area contributed by atoms with Crippen molar-refractivity contribution in [2.45, 2.75) is 38.8 Å². The van der Waals surface area contributed by atoms with Crippen LogP contribution in [0.25, 0.3) is 11.3 Å². The molecule has 3 N–H and O–H groups in total. The first kappa shape index (κ1) is 24.1. The number of alkyl carbamates (subject to hydrolysis) is 1. The van der Waals surface area contributed by atoms with Gasteiger partial charge in [0.05, 0.1) is 18.8 Å². The van der Waals surface area contributed by atoms with Crippen molar-refractivity contribution >= 4 is 28.8 Å². The van der Waals surface area contributed by atoms with E-state index in [0.29, 0.717) is 28.6 Å². The Morgan fingerprint density at radius 2 is 2.00 bits per heavy atom. The number of rotatable bonds is 8. The molecule has 9 heteroatoms. The summed E-state index contributed by atoms with van der Waals surface area (Å²) < 4.78 is 10.6. The molecule has 1 heterocycles. The second-order valence-electron chi connectivity index (χ2n) is 8.25. The molecule has 1 amide bonds. The minimum atomic E-state index is -0.597. The van der Waals surface area contributed by atoms with Crippen molar-refractivity contribution in [3.8, 4) is 22.8 Å². The van der Waals surface area contributed by atoms with E-state index in [2.05, 4.69) is 20.8 Å². The smallest absolute Gasteiger partial charge is 0.408 e. The van der Waals surface area contributed by atoms with Crippen molar-refractivity contribution in [2.24, 2.45) is 5.10 Å². The minimum Gasteiger partial charge on any atom is -0.507 e. The number of phenolic OH excluding ortho intramolecular Hbond substituents is 1. The van der Waals surface area contributed by atoms with E-state index < -0.39 is 17.7 Å². The number of carbonyl (C=O) groups is 1. The number of nitrogens with one attached hydrogen (secondary N) is 2. The second kappa shape index (κ2) is 10.8. The average molecular weight is 469 g/mol. The first-order valence-corrected chi connectivity index (χ1v) is 11.3. The summed E-state index contributed by atoms with van der Waals surface area (Å²) in [4.78, 5) is 16.8. The molecule has 0 saturated heterocycles. The standard InChI is InChI=1S/C24H28N4O4S/c1-24(2,3)32-23(30)26-17(12-16-8-6-5-7-9-16)14-25-28-22-27-20(15-33-22)19-13-18(31-4)10-11-21(19)29/h5-11,13-15,17,29H,12H2,1-4H3,(H,26,30)(H,27,28)/b25-14-/t17-/m1/s1. The molecule has 1 aromatic heterocycles. The van der Waals surface area contributed by atoms with Crippen LogP contribution in [-0.4, -0.2) is 41.2 Å². The summed E-state index contributed by atoms with van der Waals surface area (Å²) in [5.74, 6) is 0.737. The maximum Gasteiger partial charge on any atom is 0.408 e. The van der Waals surface area contributed by atoms with Gasteiger partial charge in [0.2, 0.25) is 5.13 Å². The Morgan fingerprint density at radius 3 is 2.70 bits per heavy atom. The van der Waals surface area contributed by atoms with Gasteiger partial charge in [-0.25, -0.2) is 9.78 Å². The summed E-state index contributed by atoms with van der Waals surface area (Å²) in [6.45, 7) is 5.44. The third-order valence-electron chi connectivity index (χ3n) is 4.40. The number of amides is 1. The SMILES string of the molecule is COc1ccc(O)c(-c2csc(N/N=C\[C@@H](Cc3ccccc3)NC(=O)OC(C)(C)C)n2)c1. The van der Waals surface area contributed by atoms with Crippen molar-refractivity contribution in [1.82, 2.24) is 10.3 Å². The Kier molecular flexibility index (Phi) is 7.89. The number of nitrogens with zero attached hydrogens (tertiary/aromatic N) is 2. The molecule has 2 aromatic carbocycles. The molecule has 0 fully saturated rings. The van der Waals surface area contributed by atoms with E-state index in [1.807, 2.05) is 56.5 Å². The highest BCUT2D eigenvalue weighted by Gasteiger charge is 2.19. The summed E-state index contributed by atoms with van der Waals surface area (Å²) in [5, 5.41) is 19.6. The number of ether oxygens (including phenoxy) is 2. The lowest BCUT2D eigenvalue weighted by atomic mass is 10.1. The van der Waals surface area contributed by atoms with Crippen molar-refractivity contribution in [2.75, 3.05) is 12.5 Å². The molecule has 0 radical (unpaired) electrons. The summed E-state index contributed by atoms with van der Waals surface area (Å²) in [6, 6.07) is 14.4. The van der Waals surface area contributed by atoms with Crippen LogP contribution >= 0.6 is 11.3 Å². The zero-order valence-corrected chi connectivity index (χ0v) is 19.8. The molecule has 1 atom stereocenters. The van der Waals surface area contributed by atoms with Crippen LogP contribution in [0.15, 0.2) is 59.0 Å². The Morgan fingerprint density at radius 1 is 1.24 bits per heavy atom. The number of anilines is 1. The van der Waals surface area contributed by atoms with Crippen LogP contribution in [-0.2, 0) is 11.2 Å². The van der Waals surface area contributed by atoms with Crippen LogP contribution in [0.2, 0.25) is 0 Å². The number of hydrogen-bond donors (Lipinski definition) is 3. The van der Waals surface area contributed by atoms with Gasteiger partial charge in [0, 0.05) is 17.2 Å². The molecule has 0 aliphatic heterocycles. The maximum absolute atomic E-state index is 12.3. The van der Waals surface area contributed by atoms with E-state index in [-0.39, 0.29) is 5.75 Å². The Hall–Kier alpha value is -3.59. The normalized spacial score (nSPS) is 12.4. The van der Waals surface area contributed by atoms with Gasteiger partial charge in [0.15, 0.2) is 0 Å². The lowest BCUT2D eigenvalue weighted by molar-refractivity contribution is 0.0519. The molecule has 0 unspecified atom stereocenters. The van der Waals surface area contributed by atoms with Crippen molar-refractivity contribution < 1.29 is 19.4 Å². The van der Waals surface area contributed by atoms with E-state index >= 15 is 0 Å². The molecule has 0 aliphatic rings. The third kappa shape index (κ3) is 7.50. The van der Waals surface area contributed by atoms with Gasteiger partial charge in [0.1, 0.15) is 17.1 Å². The fourth-order valence-electron chi connectivity index (χ4n) is 2.95. The summed E-state index contributed by atoms with van der Waals surface area (Å²) in [5.41, 5.74) is 4.51. The summed E-state index contributed by atoms with van der Waals surface area (Å²) >= 11 is 1.34. The van der Waals surface area contributed by atoms with Gasteiger partial charge in [-0.05, 0) is 51.0 Å². The van der Waals surface area contributed by atoms with Gasteiger partial charge >= 0.3 is 6.09 Å². The molecule has 33 heavy (non-hydrogen) atoms. The lowest BCUT2D eigenvalue weighted by Gasteiger charge is -2.22. The van der Waals surface area contributed by atoms with Crippen LogP contribution in [0.1, 0.15) is 26.3 Å². The first-order valence-electron chi connectivity index (χ1n) is 10.4. The highest BCUT2D eigenvalue weighted by Crippen LogP contribution is 2.34. The van der Waals surface area contributed by atoms with E-state index in [0.717, 1.165) is 5.56 Å². The molecule has 0 aliphatic carbocycles. The van der Waals surface area contributed by atoms with Crippen LogP contribution < -0.4 is 15.5 Å². The molecule has 0 spiro atoms. The largest absolute Gasteiger partial charge is 0.507 e. The fourth-order valence-corrected chi connectivity index (χ4v) is 3.61. The summed E-state index contributed by atoms with van der Waals surface area (Å²) in [7, 11) is 1.57. The average Bonchev–Trinajstić information content (AvgIpc) is 3.22. The predicted molar refractivity (Wildman–Crippen MR) is 131 cm³/mol. The van der Waals surface area contributed by atoms with Crippen molar-refractivity contribution in [3.05, 3.63) is 59.5 Å². The van der Waals surface area contributed by atoms with Crippen LogP contribution in [0.5, 0.6) is 11.5 Å². The van der Waals surface area contributed by atoms with Crippen LogP contribution in [0, 0.1) is 0 Å². The van der Waals surface area contributed by atoms with Crippen LogP contribution in [0.4, 0.5) is 9.93 Å². The first-order chi connectivity index (χ1) is 15.7. The molecule has 0 bridgehead atoms. The lowest BCUT2D eigenvalue weighted by Crippen LogP contribution is -2.41. The minimum absolute atomic E-state index is 0.112. The Bertz CT molecular complexity index is 1090. The van der Waals surface area contributed by atoms with Gasteiger partial charge in [-0.2, -0.15) is 5.10 Å². The molecular weight excluding hydrogens is 440 g/mol. The Balaban J connectivity index is 1.69. The zero-order valence-electron chi connectivity index (χ0n) is 19.0. The molecule has 8 nitrogen and oxygen atoms in total. The van der Waals surface area contributed by atoms with E-state index in [4.69, 9.17) is 9.47 Å². The molecule has 174 valence electrons. The highest BCUT2D eigenvalue weighted by molar-refractivity contribution is 7.14. The zero-order chi connectivity index (χ0) is 23.8. The number of carbonyl (C=O) groups excluding carboxylic acids is 1. The van der Waals surface area contributed by atoms with Gasteiger partial charge in [-0.3, -0.25) is 5.43 Å². The number of benzene rings is 2. The van der Waals surface area contributed by atoms with Gasteiger partial charge < -0.3 is 19.9 Å². The number of thiazole rings is 1. The molecule has 3 aromatic rings. The fraction of sp³-hybridized carbons (Fsp3) is 0.292. The number of aromatic nitrogens is 1. The molecule has 0 saturated carbocycles. The maximum atomic E-state index is 12.3. The number of hydrogen-bond acceptors (Lipinski definition) is 8. The topological polar surface area (TPSA) is 105 Å². The highest BCUT2D eigenvalue weighted by atomic mass is 32.1. The van der Waals surface area contributed by atoms with Crippen molar-refractivity contribution in [1.29, 1.82) is 0 Å². The Labute approximate surface area is 197 Å². The number of methoxy groups -OCH3 is 1. The monoisotopic (exact) mass is 468 g/mol. The molecular formula is C24H28N4O4S.